The fraction of sp³-hybridized carbons (Fsp3) is 0.333. The minimum atomic E-state index is -0.976. The molecule has 0 unspecified atom stereocenters. The molecule has 0 bridgehead atoms. The summed E-state index contributed by atoms with van der Waals surface area (Å²) in [6.07, 6.45) is 6.78. The van der Waals surface area contributed by atoms with Gasteiger partial charge in [-0.2, -0.15) is 5.10 Å². The predicted molar refractivity (Wildman–Crippen MR) is 136 cm³/mol. The lowest BCUT2D eigenvalue weighted by atomic mass is 10.0. The van der Waals surface area contributed by atoms with Crippen LogP contribution >= 0.6 is 0 Å². The molecule has 36 heavy (non-hydrogen) atoms. The molecule has 1 aliphatic rings. The van der Waals surface area contributed by atoms with Crippen molar-refractivity contribution in [3.8, 4) is 22.5 Å². The molecule has 1 amide bonds. The number of benzene rings is 1. The number of hydrogen-bond acceptors (Lipinski definition) is 6. The van der Waals surface area contributed by atoms with E-state index in [1.807, 2.05) is 32.2 Å². The van der Waals surface area contributed by atoms with Gasteiger partial charge in [0.25, 0.3) is 0 Å². The van der Waals surface area contributed by atoms with Gasteiger partial charge in [-0.15, -0.1) is 0 Å². The van der Waals surface area contributed by atoms with Gasteiger partial charge in [-0.3, -0.25) is 9.48 Å². The standard InChI is InChI=1S/C25H24FN5O3.C2H6/c1-25(2,33)13-31-12-20(22(29-31)17-3-5-18(26)6-4-17)23-19-11-21(34-24(19)28-14-27-23)16-7-9-30(15-32)10-8-16;1-2/h3-7,11-12,14-15,33H,8-10,13H2,1-2H3;1-2H3. The average molecular weight is 492 g/mol. The first kappa shape index (κ1) is 25.2. The number of carbonyl (C=O) groups is 1. The zero-order valence-corrected chi connectivity index (χ0v) is 20.9. The second-order valence-corrected chi connectivity index (χ2v) is 9.04. The lowest BCUT2D eigenvalue weighted by Crippen LogP contribution is -2.26. The Bertz CT molecular complexity index is 1380. The summed E-state index contributed by atoms with van der Waals surface area (Å²) in [4.78, 5) is 21.6. The maximum atomic E-state index is 13.6. The highest BCUT2D eigenvalue weighted by Crippen LogP contribution is 2.36. The van der Waals surface area contributed by atoms with Gasteiger partial charge in [0.05, 0.1) is 23.2 Å². The molecule has 4 aromatic rings. The first-order valence-corrected chi connectivity index (χ1v) is 12.0. The molecule has 1 N–H and O–H groups in total. The first-order valence-electron chi connectivity index (χ1n) is 12.0. The second kappa shape index (κ2) is 10.4. The Labute approximate surface area is 209 Å². The number of fused-ring (bicyclic) bond motifs is 1. The number of furan rings is 1. The Morgan fingerprint density at radius 1 is 1.17 bits per heavy atom. The zero-order chi connectivity index (χ0) is 25.9. The Kier molecular flexibility index (Phi) is 7.30. The Hall–Kier alpha value is -3.85. The van der Waals surface area contributed by atoms with Crippen molar-refractivity contribution in [1.82, 2.24) is 24.6 Å². The van der Waals surface area contributed by atoms with E-state index in [2.05, 4.69) is 15.1 Å². The maximum Gasteiger partial charge on any atom is 0.230 e. The van der Waals surface area contributed by atoms with Crippen molar-refractivity contribution in [2.45, 2.75) is 46.3 Å². The molecule has 0 spiro atoms. The number of aliphatic hydroxyl groups is 1. The van der Waals surface area contributed by atoms with Gasteiger partial charge in [-0.05, 0) is 56.2 Å². The van der Waals surface area contributed by atoms with Crippen molar-refractivity contribution >= 4 is 23.1 Å². The Morgan fingerprint density at radius 3 is 2.56 bits per heavy atom. The van der Waals surface area contributed by atoms with Crippen LogP contribution in [0.15, 0.2) is 53.3 Å². The number of rotatable bonds is 6. The minimum absolute atomic E-state index is 0.270. The molecule has 0 fully saturated rings. The van der Waals surface area contributed by atoms with E-state index in [-0.39, 0.29) is 12.4 Å². The molecule has 5 rings (SSSR count). The second-order valence-electron chi connectivity index (χ2n) is 9.04. The predicted octanol–water partition coefficient (Wildman–Crippen LogP) is 4.94. The van der Waals surface area contributed by atoms with Crippen LogP contribution in [0.4, 0.5) is 4.39 Å². The first-order chi connectivity index (χ1) is 17.3. The summed E-state index contributed by atoms with van der Waals surface area (Å²) < 4.78 is 21.3. The molecule has 0 saturated carbocycles. The molecule has 0 saturated heterocycles. The van der Waals surface area contributed by atoms with Gasteiger partial charge in [0.15, 0.2) is 0 Å². The molecule has 1 aliphatic heterocycles. The molecular formula is C27H30FN5O3. The van der Waals surface area contributed by atoms with Gasteiger partial charge in [0.2, 0.25) is 12.1 Å². The highest BCUT2D eigenvalue weighted by atomic mass is 19.1. The van der Waals surface area contributed by atoms with Gasteiger partial charge in [-0.1, -0.05) is 19.9 Å². The Balaban J connectivity index is 0.00000148. The highest BCUT2D eigenvalue weighted by molar-refractivity contribution is 5.95. The molecule has 9 heteroatoms. The smallest absolute Gasteiger partial charge is 0.230 e. The van der Waals surface area contributed by atoms with Crippen molar-refractivity contribution in [3.05, 3.63) is 60.5 Å². The van der Waals surface area contributed by atoms with E-state index < -0.39 is 5.60 Å². The monoisotopic (exact) mass is 491 g/mol. The number of halogens is 1. The van der Waals surface area contributed by atoms with E-state index in [4.69, 9.17) is 4.42 Å². The molecule has 1 aromatic carbocycles. The van der Waals surface area contributed by atoms with Crippen molar-refractivity contribution < 1.29 is 18.7 Å². The zero-order valence-electron chi connectivity index (χ0n) is 20.9. The average Bonchev–Trinajstić information content (AvgIpc) is 3.49. The lowest BCUT2D eigenvalue weighted by molar-refractivity contribution is -0.117. The molecular weight excluding hydrogens is 461 g/mol. The molecule has 0 radical (unpaired) electrons. The van der Waals surface area contributed by atoms with E-state index in [9.17, 15) is 14.3 Å². The summed E-state index contributed by atoms with van der Waals surface area (Å²) in [7, 11) is 0. The van der Waals surface area contributed by atoms with E-state index in [0.29, 0.717) is 42.4 Å². The summed E-state index contributed by atoms with van der Waals surface area (Å²) in [5.74, 6) is 0.355. The fourth-order valence-corrected chi connectivity index (χ4v) is 4.13. The number of nitrogens with zero attached hydrogens (tertiary/aromatic N) is 5. The molecule has 0 atom stereocenters. The summed E-state index contributed by atoms with van der Waals surface area (Å²) >= 11 is 0. The summed E-state index contributed by atoms with van der Waals surface area (Å²) in [5, 5.41) is 15.7. The maximum absolute atomic E-state index is 13.6. The van der Waals surface area contributed by atoms with Crippen LogP contribution < -0.4 is 0 Å². The normalized spacial score (nSPS) is 13.8. The summed E-state index contributed by atoms with van der Waals surface area (Å²) in [6.45, 7) is 8.85. The third-order valence-electron chi connectivity index (χ3n) is 5.72. The van der Waals surface area contributed by atoms with Crippen LogP contribution in [0.3, 0.4) is 0 Å². The molecule has 3 aromatic heterocycles. The highest BCUT2D eigenvalue weighted by Gasteiger charge is 2.23. The van der Waals surface area contributed by atoms with Crippen LogP contribution in [-0.4, -0.2) is 54.9 Å². The van der Waals surface area contributed by atoms with Gasteiger partial charge >= 0.3 is 0 Å². The quantitative estimate of drug-likeness (QED) is 0.384. The topological polar surface area (TPSA) is 97.3 Å². The molecule has 4 heterocycles. The van der Waals surface area contributed by atoms with E-state index in [1.54, 1.807) is 35.6 Å². The largest absolute Gasteiger partial charge is 0.438 e. The molecule has 188 valence electrons. The summed E-state index contributed by atoms with van der Waals surface area (Å²) in [5.41, 5.74) is 3.18. The number of carbonyl (C=O) groups excluding carboxylic acids is 1. The Morgan fingerprint density at radius 2 is 1.92 bits per heavy atom. The van der Waals surface area contributed by atoms with Crippen molar-refractivity contribution in [2.24, 2.45) is 0 Å². The SMILES string of the molecule is CC.CC(C)(O)Cn1cc(-c2ncnc3oc(C4=CCN(C=O)CC4)cc23)c(-c2ccc(F)cc2)n1. The van der Waals surface area contributed by atoms with Crippen LogP contribution in [-0.2, 0) is 11.3 Å². The van der Waals surface area contributed by atoms with E-state index >= 15 is 0 Å². The third-order valence-corrected chi connectivity index (χ3v) is 5.72. The van der Waals surface area contributed by atoms with Crippen molar-refractivity contribution in [2.75, 3.05) is 13.1 Å². The molecule has 8 nitrogen and oxygen atoms in total. The number of amides is 1. The number of hydrogen-bond donors (Lipinski definition) is 1. The lowest BCUT2D eigenvalue weighted by Gasteiger charge is -2.21. The van der Waals surface area contributed by atoms with E-state index in [0.717, 1.165) is 28.5 Å². The van der Waals surface area contributed by atoms with Crippen molar-refractivity contribution in [1.29, 1.82) is 0 Å². The third kappa shape index (κ3) is 5.36. The van der Waals surface area contributed by atoms with Gasteiger partial charge < -0.3 is 14.4 Å². The van der Waals surface area contributed by atoms with Crippen LogP contribution in [0.1, 0.15) is 39.9 Å². The number of aromatic nitrogens is 4. The van der Waals surface area contributed by atoms with Gasteiger partial charge in [-0.25, -0.2) is 14.4 Å². The van der Waals surface area contributed by atoms with E-state index in [1.165, 1.54) is 18.5 Å². The van der Waals surface area contributed by atoms with Crippen LogP contribution in [0.2, 0.25) is 0 Å². The van der Waals surface area contributed by atoms with Crippen LogP contribution in [0.25, 0.3) is 39.2 Å². The van der Waals surface area contributed by atoms with Gasteiger partial charge in [0, 0.05) is 30.4 Å². The summed E-state index contributed by atoms with van der Waals surface area (Å²) in [6, 6.07) is 8.02. The van der Waals surface area contributed by atoms with Gasteiger partial charge in [0.1, 0.15) is 23.6 Å². The fourth-order valence-electron chi connectivity index (χ4n) is 4.13. The minimum Gasteiger partial charge on any atom is -0.438 e. The van der Waals surface area contributed by atoms with Crippen molar-refractivity contribution in [3.63, 3.8) is 0 Å². The van der Waals surface area contributed by atoms with Crippen LogP contribution in [0.5, 0.6) is 0 Å². The molecule has 0 aliphatic carbocycles. The van der Waals surface area contributed by atoms with Crippen LogP contribution in [0, 0.1) is 5.82 Å².